The third-order valence-electron chi connectivity index (χ3n) is 7.47. The van der Waals surface area contributed by atoms with Gasteiger partial charge < -0.3 is 23.7 Å². The second-order valence-corrected chi connectivity index (χ2v) is 11.5. The average molecular weight is 643 g/mol. The van der Waals surface area contributed by atoms with Crippen molar-refractivity contribution in [3.63, 3.8) is 0 Å². The van der Waals surface area contributed by atoms with Crippen molar-refractivity contribution in [2.24, 2.45) is 0 Å². The van der Waals surface area contributed by atoms with E-state index in [0.717, 1.165) is 82.5 Å². The fourth-order valence-electron chi connectivity index (χ4n) is 5.46. The SMILES string of the molecule is CC1=C(c2cccc(OC3CCCCO3)c2)C(c2ccc(I)cc2F)Oc2ccc(OC3CCCCO3)cc21. The molecule has 5 nitrogen and oxygen atoms in total. The zero-order chi connectivity index (χ0) is 26.8. The van der Waals surface area contributed by atoms with Gasteiger partial charge in [-0.25, -0.2) is 4.39 Å². The van der Waals surface area contributed by atoms with Crippen molar-refractivity contribution < 1.29 is 28.1 Å². The number of allylic oxidation sites excluding steroid dienone is 1. The molecule has 39 heavy (non-hydrogen) atoms. The monoisotopic (exact) mass is 642 g/mol. The Morgan fingerprint density at radius 3 is 2.21 bits per heavy atom. The standard InChI is InChI=1S/C32H32FIO5/c1-20-26-19-24(38-30-10-3-5-16-36-30)12-14-28(26)39-32(25-13-11-22(34)18-27(25)33)31(20)21-7-6-8-23(17-21)37-29-9-2-4-15-35-29/h6-8,11-14,17-19,29-30,32H,2-5,9-10,15-16H2,1H3. The second-order valence-electron chi connectivity index (χ2n) is 10.2. The lowest BCUT2D eigenvalue weighted by atomic mass is 9.86. The third-order valence-corrected chi connectivity index (χ3v) is 8.14. The van der Waals surface area contributed by atoms with Gasteiger partial charge in [0.05, 0.1) is 13.2 Å². The number of fused-ring (bicyclic) bond motifs is 1. The molecule has 3 heterocycles. The summed E-state index contributed by atoms with van der Waals surface area (Å²) in [6.07, 6.45) is 4.93. The highest BCUT2D eigenvalue weighted by atomic mass is 127. The molecule has 2 saturated heterocycles. The minimum absolute atomic E-state index is 0.241. The maximum absolute atomic E-state index is 15.4. The number of hydrogen-bond donors (Lipinski definition) is 0. The van der Waals surface area contributed by atoms with E-state index in [9.17, 15) is 0 Å². The Kier molecular flexibility index (Phi) is 8.09. The molecule has 3 aromatic rings. The number of rotatable bonds is 6. The van der Waals surface area contributed by atoms with Gasteiger partial charge in [0.15, 0.2) is 18.7 Å². The van der Waals surface area contributed by atoms with E-state index in [2.05, 4.69) is 29.5 Å². The van der Waals surface area contributed by atoms with Gasteiger partial charge >= 0.3 is 0 Å². The van der Waals surface area contributed by atoms with E-state index in [-0.39, 0.29) is 18.4 Å². The number of halogens is 2. The Morgan fingerprint density at radius 1 is 0.821 bits per heavy atom. The van der Waals surface area contributed by atoms with Crippen molar-refractivity contribution >= 4 is 33.7 Å². The van der Waals surface area contributed by atoms with E-state index in [4.69, 9.17) is 23.7 Å². The molecule has 0 aliphatic carbocycles. The molecular formula is C32H32FIO5. The molecule has 7 heteroatoms. The van der Waals surface area contributed by atoms with Crippen molar-refractivity contribution in [1.29, 1.82) is 0 Å². The first-order valence-electron chi connectivity index (χ1n) is 13.7. The predicted molar refractivity (Wildman–Crippen MR) is 156 cm³/mol. The molecule has 0 bridgehead atoms. The summed E-state index contributed by atoms with van der Waals surface area (Å²) in [5.74, 6) is 1.85. The second kappa shape index (κ2) is 11.9. The fourth-order valence-corrected chi connectivity index (χ4v) is 5.91. The molecule has 0 N–H and O–H groups in total. The van der Waals surface area contributed by atoms with E-state index in [1.165, 1.54) is 0 Å². The van der Waals surface area contributed by atoms with Gasteiger partial charge in [-0.1, -0.05) is 18.2 Å². The normalized spacial score (nSPS) is 23.1. The van der Waals surface area contributed by atoms with Crippen LogP contribution in [0.3, 0.4) is 0 Å². The van der Waals surface area contributed by atoms with Crippen LogP contribution in [0.1, 0.15) is 68.2 Å². The van der Waals surface area contributed by atoms with Gasteiger partial charge in [-0.15, -0.1) is 0 Å². The van der Waals surface area contributed by atoms with E-state index < -0.39 is 6.10 Å². The zero-order valence-corrected chi connectivity index (χ0v) is 24.1. The summed E-state index contributed by atoms with van der Waals surface area (Å²) in [6, 6.07) is 19.0. The van der Waals surface area contributed by atoms with Gasteiger partial charge in [0.2, 0.25) is 0 Å². The molecular weight excluding hydrogens is 610 g/mol. The van der Waals surface area contributed by atoms with Crippen LogP contribution in [0.15, 0.2) is 60.7 Å². The van der Waals surface area contributed by atoms with Crippen molar-refractivity contribution in [2.45, 2.75) is 64.1 Å². The highest BCUT2D eigenvalue weighted by molar-refractivity contribution is 14.1. The highest BCUT2D eigenvalue weighted by Gasteiger charge is 2.32. The summed E-state index contributed by atoms with van der Waals surface area (Å²) in [4.78, 5) is 0. The Balaban J connectivity index is 1.40. The van der Waals surface area contributed by atoms with Gasteiger partial charge in [-0.05, 0) is 109 Å². The number of hydrogen-bond acceptors (Lipinski definition) is 5. The minimum Gasteiger partial charge on any atom is -0.480 e. The van der Waals surface area contributed by atoms with E-state index in [1.54, 1.807) is 6.07 Å². The van der Waals surface area contributed by atoms with Crippen LogP contribution in [-0.4, -0.2) is 25.8 Å². The average Bonchev–Trinajstić information content (AvgIpc) is 2.95. The highest BCUT2D eigenvalue weighted by Crippen LogP contribution is 2.48. The lowest BCUT2D eigenvalue weighted by molar-refractivity contribution is -0.106. The molecule has 0 spiro atoms. The van der Waals surface area contributed by atoms with E-state index in [1.807, 2.05) is 54.6 Å². The zero-order valence-electron chi connectivity index (χ0n) is 22.0. The predicted octanol–water partition coefficient (Wildman–Crippen LogP) is 8.31. The van der Waals surface area contributed by atoms with Gasteiger partial charge in [0.25, 0.3) is 0 Å². The summed E-state index contributed by atoms with van der Waals surface area (Å²) in [6.45, 7) is 3.49. The van der Waals surface area contributed by atoms with Crippen LogP contribution in [0, 0.1) is 9.39 Å². The minimum atomic E-state index is -0.621. The fraction of sp³-hybridized carbons (Fsp3) is 0.375. The van der Waals surface area contributed by atoms with Crippen molar-refractivity contribution in [2.75, 3.05) is 13.2 Å². The van der Waals surface area contributed by atoms with Crippen LogP contribution >= 0.6 is 22.6 Å². The first-order valence-corrected chi connectivity index (χ1v) is 14.8. The topological polar surface area (TPSA) is 46.2 Å². The molecule has 0 aromatic heterocycles. The van der Waals surface area contributed by atoms with Crippen molar-refractivity contribution in [1.82, 2.24) is 0 Å². The molecule has 3 aromatic carbocycles. The molecule has 6 rings (SSSR count). The van der Waals surface area contributed by atoms with E-state index in [0.29, 0.717) is 17.9 Å². The molecule has 3 aliphatic rings. The number of ether oxygens (including phenoxy) is 5. The van der Waals surface area contributed by atoms with Gasteiger partial charge in [-0.2, -0.15) is 0 Å². The summed E-state index contributed by atoms with van der Waals surface area (Å²) in [7, 11) is 0. The smallest absolute Gasteiger partial charge is 0.199 e. The van der Waals surface area contributed by atoms with Crippen LogP contribution < -0.4 is 14.2 Å². The summed E-state index contributed by atoms with van der Waals surface area (Å²) >= 11 is 2.13. The summed E-state index contributed by atoms with van der Waals surface area (Å²) in [5.41, 5.74) is 4.22. The maximum Gasteiger partial charge on any atom is 0.199 e. The van der Waals surface area contributed by atoms with Gasteiger partial charge in [0.1, 0.15) is 23.1 Å². The molecule has 3 aliphatic heterocycles. The Morgan fingerprint density at radius 2 is 1.54 bits per heavy atom. The Hall–Kier alpha value is -2.62. The molecule has 0 radical (unpaired) electrons. The first kappa shape index (κ1) is 26.6. The maximum atomic E-state index is 15.4. The van der Waals surface area contributed by atoms with Crippen LogP contribution in [0.25, 0.3) is 11.1 Å². The van der Waals surface area contributed by atoms with Gasteiger partial charge in [0, 0.05) is 33.1 Å². The molecule has 2 fully saturated rings. The largest absolute Gasteiger partial charge is 0.480 e. The Labute approximate surface area is 242 Å². The third kappa shape index (κ3) is 5.95. The lowest BCUT2D eigenvalue weighted by Crippen LogP contribution is -2.25. The molecule has 3 unspecified atom stereocenters. The molecule has 3 atom stereocenters. The van der Waals surface area contributed by atoms with Crippen molar-refractivity contribution in [3.8, 4) is 17.2 Å². The summed E-state index contributed by atoms with van der Waals surface area (Å²) in [5, 5.41) is 0. The molecule has 204 valence electrons. The lowest BCUT2D eigenvalue weighted by Gasteiger charge is -2.32. The quantitative estimate of drug-likeness (QED) is 0.253. The van der Waals surface area contributed by atoms with Crippen LogP contribution in [-0.2, 0) is 9.47 Å². The van der Waals surface area contributed by atoms with Crippen LogP contribution in [0.4, 0.5) is 4.39 Å². The first-order chi connectivity index (χ1) is 19.0. The van der Waals surface area contributed by atoms with E-state index >= 15 is 4.39 Å². The van der Waals surface area contributed by atoms with Crippen molar-refractivity contribution in [3.05, 3.63) is 86.7 Å². The molecule has 0 saturated carbocycles. The summed E-state index contributed by atoms with van der Waals surface area (Å²) < 4.78 is 46.7. The van der Waals surface area contributed by atoms with Crippen LogP contribution in [0.5, 0.6) is 17.2 Å². The Bertz CT molecular complexity index is 1360. The van der Waals surface area contributed by atoms with Crippen LogP contribution in [0.2, 0.25) is 0 Å². The number of benzene rings is 3. The van der Waals surface area contributed by atoms with Gasteiger partial charge in [-0.3, -0.25) is 0 Å². The molecule has 0 amide bonds.